The van der Waals surface area contributed by atoms with Crippen LogP contribution in [0.25, 0.3) is 0 Å². The second kappa shape index (κ2) is 4.92. The van der Waals surface area contributed by atoms with E-state index in [1.54, 1.807) is 0 Å². The van der Waals surface area contributed by atoms with E-state index < -0.39 is 5.97 Å². The fourth-order valence-electron chi connectivity index (χ4n) is 0.593. The SMILES string of the molecule is C=COC=C.CCC1OC1(O)O. The Balaban J connectivity index is 0.000000217. The summed E-state index contributed by atoms with van der Waals surface area (Å²) in [6.45, 7) is 8.35. The maximum absolute atomic E-state index is 8.43. The van der Waals surface area contributed by atoms with Gasteiger partial charge in [-0.1, -0.05) is 20.1 Å². The summed E-state index contributed by atoms with van der Waals surface area (Å²) in [5.41, 5.74) is 0. The summed E-state index contributed by atoms with van der Waals surface area (Å²) in [5, 5.41) is 16.9. The van der Waals surface area contributed by atoms with Crippen molar-refractivity contribution in [3.05, 3.63) is 25.7 Å². The second-order valence-corrected chi connectivity index (χ2v) is 2.14. The molecule has 0 spiro atoms. The van der Waals surface area contributed by atoms with E-state index in [1.165, 1.54) is 12.5 Å². The molecule has 0 aliphatic carbocycles. The third kappa shape index (κ3) is 4.12. The Bertz CT molecular complexity index is 147. The van der Waals surface area contributed by atoms with Gasteiger partial charge in [-0.2, -0.15) is 0 Å². The Hall–Kier alpha value is -0.840. The largest absolute Gasteiger partial charge is 0.474 e. The molecule has 1 aliphatic heterocycles. The fourth-order valence-corrected chi connectivity index (χ4v) is 0.593. The minimum Gasteiger partial charge on any atom is -0.474 e. The van der Waals surface area contributed by atoms with Crippen molar-refractivity contribution in [2.24, 2.45) is 0 Å². The van der Waals surface area contributed by atoms with E-state index in [0.29, 0.717) is 6.42 Å². The zero-order chi connectivity index (χ0) is 9.61. The van der Waals surface area contributed by atoms with Gasteiger partial charge >= 0.3 is 5.97 Å². The molecule has 4 nitrogen and oxygen atoms in total. The molecular formula is C8H14O4. The molecule has 70 valence electrons. The molecule has 0 bridgehead atoms. The quantitative estimate of drug-likeness (QED) is 0.376. The van der Waals surface area contributed by atoms with Crippen LogP contribution in [0, 0.1) is 0 Å². The lowest BCUT2D eigenvalue weighted by Gasteiger charge is -1.86. The van der Waals surface area contributed by atoms with Gasteiger partial charge in [0.15, 0.2) is 0 Å². The minimum absolute atomic E-state index is 0.340. The number of epoxide rings is 1. The third-order valence-corrected chi connectivity index (χ3v) is 1.24. The van der Waals surface area contributed by atoms with Crippen LogP contribution in [0.4, 0.5) is 0 Å². The van der Waals surface area contributed by atoms with Crippen LogP contribution in [-0.2, 0) is 9.47 Å². The Labute approximate surface area is 71.7 Å². The number of hydrogen-bond donors (Lipinski definition) is 2. The second-order valence-electron chi connectivity index (χ2n) is 2.14. The highest BCUT2D eigenvalue weighted by Crippen LogP contribution is 2.32. The Kier molecular flexibility index (Phi) is 4.58. The van der Waals surface area contributed by atoms with E-state index >= 15 is 0 Å². The van der Waals surface area contributed by atoms with Crippen LogP contribution in [0.15, 0.2) is 25.7 Å². The van der Waals surface area contributed by atoms with Gasteiger partial charge in [-0.3, -0.25) is 0 Å². The van der Waals surface area contributed by atoms with Crippen molar-refractivity contribution in [3.63, 3.8) is 0 Å². The van der Waals surface area contributed by atoms with Crippen LogP contribution in [-0.4, -0.2) is 22.3 Å². The summed E-state index contributed by atoms with van der Waals surface area (Å²) in [5.74, 6) is -1.78. The maximum atomic E-state index is 8.43. The number of aliphatic hydroxyl groups is 2. The molecular weight excluding hydrogens is 160 g/mol. The van der Waals surface area contributed by atoms with Crippen LogP contribution >= 0.6 is 0 Å². The summed E-state index contributed by atoms with van der Waals surface area (Å²) in [6, 6.07) is 0. The summed E-state index contributed by atoms with van der Waals surface area (Å²) in [6.07, 6.45) is 2.94. The first-order chi connectivity index (χ1) is 5.58. The summed E-state index contributed by atoms with van der Waals surface area (Å²) in [7, 11) is 0. The summed E-state index contributed by atoms with van der Waals surface area (Å²) >= 11 is 0. The van der Waals surface area contributed by atoms with E-state index in [0.717, 1.165) is 0 Å². The molecule has 0 aromatic rings. The van der Waals surface area contributed by atoms with Crippen molar-refractivity contribution in [1.82, 2.24) is 0 Å². The first-order valence-corrected chi connectivity index (χ1v) is 3.58. The third-order valence-electron chi connectivity index (χ3n) is 1.24. The number of rotatable bonds is 3. The topological polar surface area (TPSA) is 62.2 Å². The molecule has 12 heavy (non-hydrogen) atoms. The average Bonchev–Trinajstić information content (AvgIpc) is 2.62. The molecule has 1 rings (SSSR count). The van der Waals surface area contributed by atoms with Gasteiger partial charge in [-0.25, -0.2) is 0 Å². The van der Waals surface area contributed by atoms with Gasteiger partial charge in [-0.15, -0.1) is 0 Å². The maximum Gasteiger partial charge on any atom is 0.306 e. The Morgan fingerprint density at radius 1 is 1.50 bits per heavy atom. The molecule has 4 heteroatoms. The van der Waals surface area contributed by atoms with Crippen molar-refractivity contribution >= 4 is 0 Å². The molecule has 0 aromatic heterocycles. The van der Waals surface area contributed by atoms with Crippen molar-refractivity contribution in [3.8, 4) is 0 Å². The average molecular weight is 174 g/mol. The van der Waals surface area contributed by atoms with Gasteiger partial charge in [-0.05, 0) is 6.42 Å². The fraction of sp³-hybridized carbons (Fsp3) is 0.500. The van der Waals surface area contributed by atoms with Crippen molar-refractivity contribution in [1.29, 1.82) is 0 Å². The first-order valence-electron chi connectivity index (χ1n) is 3.58. The van der Waals surface area contributed by atoms with E-state index in [-0.39, 0.29) is 6.10 Å². The normalized spacial score (nSPS) is 23.1. The van der Waals surface area contributed by atoms with E-state index in [1.807, 2.05) is 6.92 Å². The van der Waals surface area contributed by atoms with Crippen LogP contribution in [0.5, 0.6) is 0 Å². The molecule has 0 saturated carbocycles. The lowest BCUT2D eigenvalue weighted by atomic mass is 10.3. The van der Waals surface area contributed by atoms with Crippen LogP contribution < -0.4 is 0 Å². The number of ether oxygens (including phenoxy) is 2. The molecule has 0 radical (unpaired) electrons. The predicted molar refractivity (Wildman–Crippen MR) is 43.8 cm³/mol. The molecule has 1 fully saturated rings. The monoisotopic (exact) mass is 174 g/mol. The molecule has 1 aliphatic rings. The highest BCUT2D eigenvalue weighted by Gasteiger charge is 2.53. The molecule has 1 unspecified atom stereocenters. The Morgan fingerprint density at radius 2 is 1.92 bits per heavy atom. The van der Waals surface area contributed by atoms with E-state index in [2.05, 4.69) is 22.6 Å². The van der Waals surface area contributed by atoms with Crippen molar-refractivity contribution in [2.45, 2.75) is 25.4 Å². The van der Waals surface area contributed by atoms with E-state index in [4.69, 9.17) is 10.2 Å². The molecule has 0 aromatic carbocycles. The van der Waals surface area contributed by atoms with Crippen molar-refractivity contribution < 1.29 is 19.7 Å². The van der Waals surface area contributed by atoms with Gasteiger partial charge in [0.05, 0.1) is 12.5 Å². The van der Waals surface area contributed by atoms with Gasteiger partial charge < -0.3 is 19.7 Å². The molecule has 1 saturated heterocycles. The van der Waals surface area contributed by atoms with Crippen LogP contribution in [0.3, 0.4) is 0 Å². The van der Waals surface area contributed by atoms with Gasteiger partial charge in [0.1, 0.15) is 6.10 Å². The highest BCUT2D eigenvalue weighted by atomic mass is 16.9. The van der Waals surface area contributed by atoms with Crippen LogP contribution in [0.2, 0.25) is 0 Å². The Morgan fingerprint density at radius 3 is 1.92 bits per heavy atom. The first kappa shape index (κ1) is 11.2. The zero-order valence-corrected chi connectivity index (χ0v) is 7.06. The molecule has 1 heterocycles. The summed E-state index contributed by atoms with van der Waals surface area (Å²) in [4.78, 5) is 0. The van der Waals surface area contributed by atoms with E-state index in [9.17, 15) is 0 Å². The lowest BCUT2D eigenvalue weighted by molar-refractivity contribution is -0.150. The van der Waals surface area contributed by atoms with Crippen molar-refractivity contribution in [2.75, 3.05) is 0 Å². The van der Waals surface area contributed by atoms with Crippen LogP contribution in [0.1, 0.15) is 13.3 Å². The lowest BCUT2D eigenvalue weighted by Crippen LogP contribution is -2.10. The van der Waals surface area contributed by atoms with Gasteiger partial charge in [0.25, 0.3) is 0 Å². The van der Waals surface area contributed by atoms with Gasteiger partial charge in [0.2, 0.25) is 0 Å². The molecule has 0 amide bonds. The smallest absolute Gasteiger partial charge is 0.306 e. The zero-order valence-electron chi connectivity index (χ0n) is 7.06. The molecule has 2 N–H and O–H groups in total. The van der Waals surface area contributed by atoms with Gasteiger partial charge in [0, 0.05) is 0 Å². The standard InChI is InChI=1S/C4H8O3.C4H6O/c1-2-3-4(5,6)7-3;1-3-5-4-2/h3,5-6H,2H2,1H3;3-4H,1-2H2. The molecule has 1 atom stereocenters. The predicted octanol–water partition coefficient (Wildman–Crippen LogP) is 0.724. The summed E-state index contributed by atoms with van der Waals surface area (Å²) < 4.78 is 8.73. The number of hydrogen-bond acceptors (Lipinski definition) is 4. The highest BCUT2D eigenvalue weighted by molar-refractivity contribution is 4.79. The minimum atomic E-state index is -1.78.